The molecule has 1 aromatic carbocycles. The third-order valence-electron chi connectivity index (χ3n) is 3.31. The number of hydrogen-bond donors (Lipinski definition) is 0. The third kappa shape index (κ3) is 4.33. The van der Waals surface area contributed by atoms with Crippen LogP contribution in [0.4, 0.5) is 13.2 Å². The molecule has 0 aliphatic carbocycles. The second kappa shape index (κ2) is 6.12. The van der Waals surface area contributed by atoms with Gasteiger partial charge >= 0.3 is 6.18 Å². The zero-order valence-electron chi connectivity index (χ0n) is 11.5. The number of hydrogen-bond acceptors (Lipinski definition) is 3. The Morgan fingerprint density at radius 3 is 2.14 bits per heavy atom. The molecular formula is C14H14F3NO3S. The highest BCUT2D eigenvalue weighted by Crippen LogP contribution is 2.29. The Labute approximate surface area is 126 Å². The first-order valence-corrected chi connectivity index (χ1v) is 8.34. The van der Waals surface area contributed by atoms with Crippen LogP contribution >= 0.6 is 0 Å². The van der Waals surface area contributed by atoms with Gasteiger partial charge in [0.2, 0.25) is 5.91 Å². The molecule has 8 heteroatoms. The molecule has 1 heterocycles. The molecule has 0 bridgehead atoms. The molecule has 0 unspecified atom stereocenters. The molecule has 1 aliphatic rings. The van der Waals surface area contributed by atoms with Gasteiger partial charge in [-0.1, -0.05) is 12.1 Å². The first kappa shape index (κ1) is 16.5. The lowest BCUT2D eigenvalue weighted by atomic mass is 10.1. The molecule has 0 N–H and O–H groups in total. The maximum absolute atomic E-state index is 12.4. The summed E-state index contributed by atoms with van der Waals surface area (Å²) < 4.78 is 59.8. The predicted octanol–water partition coefficient (Wildman–Crippen LogP) is 1.98. The van der Waals surface area contributed by atoms with Crippen molar-refractivity contribution >= 4 is 21.8 Å². The fourth-order valence-electron chi connectivity index (χ4n) is 1.99. The van der Waals surface area contributed by atoms with Crippen LogP contribution in [-0.4, -0.2) is 43.8 Å². The standard InChI is InChI=1S/C14H14F3NO3S/c15-14(16,17)12-4-1-11(2-5-12)3-6-13(19)18-7-9-22(20,21)10-8-18/h1-6H,7-10H2. The number of sulfone groups is 1. The normalized spacial score (nSPS) is 18.6. The van der Waals surface area contributed by atoms with E-state index in [1.807, 2.05) is 0 Å². The van der Waals surface area contributed by atoms with Crippen molar-refractivity contribution in [3.05, 3.63) is 41.5 Å². The summed E-state index contributed by atoms with van der Waals surface area (Å²) in [5, 5.41) is 0. The molecule has 1 aromatic rings. The molecule has 0 radical (unpaired) electrons. The summed E-state index contributed by atoms with van der Waals surface area (Å²) in [6, 6.07) is 4.43. The zero-order chi connectivity index (χ0) is 16.4. The molecule has 0 spiro atoms. The van der Waals surface area contributed by atoms with Gasteiger partial charge < -0.3 is 4.90 Å². The number of rotatable bonds is 2. The van der Waals surface area contributed by atoms with Gasteiger partial charge in [-0.3, -0.25) is 4.79 Å². The topological polar surface area (TPSA) is 54.5 Å². The van der Waals surface area contributed by atoms with Crippen molar-refractivity contribution in [1.82, 2.24) is 4.90 Å². The largest absolute Gasteiger partial charge is 0.416 e. The highest BCUT2D eigenvalue weighted by molar-refractivity contribution is 7.91. The minimum absolute atomic E-state index is 0.0626. The third-order valence-corrected chi connectivity index (χ3v) is 4.92. The Morgan fingerprint density at radius 1 is 1.09 bits per heavy atom. The molecule has 0 aromatic heterocycles. The molecule has 0 saturated carbocycles. The average molecular weight is 333 g/mol. The smallest absolute Gasteiger partial charge is 0.337 e. The minimum atomic E-state index is -4.39. The molecule has 4 nitrogen and oxygen atoms in total. The molecule has 1 amide bonds. The zero-order valence-corrected chi connectivity index (χ0v) is 12.3. The molecule has 120 valence electrons. The quantitative estimate of drug-likeness (QED) is 0.778. The van der Waals surface area contributed by atoms with Crippen molar-refractivity contribution in [1.29, 1.82) is 0 Å². The summed E-state index contributed by atoms with van der Waals surface area (Å²) in [6.45, 7) is 0.275. The maximum atomic E-state index is 12.4. The van der Waals surface area contributed by atoms with Gasteiger partial charge in [0, 0.05) is 19.2 Å². The summed E-state index contributed by atoms with van der Waals surface area (Å²) in [6.07, 6.45) is -1.75. The number of carbonyl (C=O) groups excluding carboxylic acids is 1. The van der Waals surface area contributed by atoms with Crippen LogP contribution in [0.5, 0.6) is 0 Å². The lowest BCUT2D eigenvalue weighted by molar-refractivity contribution is -0.137. The lowest BCUT2D eigenvalue weighted by Crippen LogP contribution is -2.43. The van der Waals surface area contributed by atoms with Crippen LogP contribution in [0.2, 0.25) is 0 Å². The minimum Gasteiger partial charge on any atom is -0.337 e. The number of halogens is 3. The molecule has 2 rings (SSSR count). The highest BCUT2D eigenvalue weighted by atomic mass is 32.2. The molecule has 1 saturated heterocycles. The van der Waals surface area contributed by atoms with Crippen LogP contribution < -0.4 is 0 Å². The summed E-state index contributed by atoms with van der Waals surface area (Å²) >= 11 is 0. The molecular weight excluding hydrogens is 319 g/mol. The van der Waals surface area contributed by atoms with Crippen LogP contribution in [0, 0.1) is 0 Å². The van der Waals surface area contributed by atoms with Gasteiger partial charge in [0.15, 0.2) is 9.84 Å². The fraction of sp³-hybridized carbons (Fsp3) is 0.357. The Hall–Kier alpha value is -1.83. The first-order valence-electron chi connectivity index (χ1n) is 6.52. The van der Waals surface area contributed by atoms with Gasteiger partial charge in [0.1, 0.15) is 0 Å². The SMILES string of the molecule is O=C(C=Cc1ccc(C(F)(F)F)cc1)N1CCS(=O)(=O)CC1. The van der Waals surface area contributed by atoms with Gasteiger partial charge in [-0.2, -0.15) is 13.2 Å². The lowest BCUT2D eigenvalue weighted by Gasteiger charge is -2.25. The van der Waals surface area contributed by atoms with Gasteiger partial charge in [-0.05, 0) is 23.8 Å². The van der Waals surface area contributed by atoms with E-state index in [1.54, 1.807) is 0 Å². The van der Waals surface area contributed by atoms with E-state index >= 15 is 0 Å². The number of nitrogens with zero attached hydrogens (tertiary/aromatic N) is 1. The number of carbonyl (C=O) groups is 1. The number of amides is 1. The Balaban J connectivity index is 1.98. The van der Waals surface area contributed by atoms with Crippen molar-refractivity contribution in [2.75, 3.05) is 24.6 Å². The molecule has 1 fully saturated rings. The summed E-state index contributed by atoms with van der Waals surface area (Å²) in [5.74, 6) is -0.477. The van der Waals surface area contributed by atoms with Crippen LogP contribution in [0.25, 0.3) is 6.08 Å². The van der Waals surface area contributed by atoms with E-state index in [1.165, 1.54) is 29.2 Å². The summed E-state index contributed by atoms with van der Waals surface area (Å²) in [4.78, 5) is 13.3. The maximum Gasteiger partial charge on any atom is 0.416 e. The first-order chi connectivity index (χ1) is 10.2. The molecule has 0 atom stereocenters. The van der Waals surface area contributed by atoms with Crippen molar-refractivity contribution in [2.45, 2.75) is 6.18 Å². The predicted molar refractivity (Wildman–Crippen MR) is 75.7 cm³/mol. The van der Waals surface area contributed by atoms with E-state index in [4.69, 9.17) is 0 Å². The van der Waals surface area contributed by atoms with Gasteiger partial charge in [0.25, 0.3) is 0 Å². The molecule has 1 aliphatic heterocycles. The van der Waals surface area contributed by atoms with E-state index < -0.39 is 21.6 Å². The second-order valence-corrected chi connectivity index (χ2v) is 7.23. The van der Waals surface area contributed by atoms with Crippen LogP contribution in [0.3, 0.4) is 0 Å². The van der Waals surface area contributed by atoms with Gasteiger partial charge in [0.05, 0.1) is 17.1 Å². The van der Waals surface area contributed by atoms with E-state index in [0.29, 0.717) is 5.56 Å². The second-order valence-electron chi connectivity index (χ2n) is 4.93. The average Bonchev–Trinajstić information content (AvgIpc) is 2.44. The van der Waals surface area contributed by atoms with E-state index in [0.717, 1.165) is 12.1 Å². The van der Waals surface area contributed by atoms with E-state index in [-0.39, 0.29) is 30.5 Å². The van der Waals surface area contributed by atoms with Crippen LogP contribution in [0.1, 0.15) is 11.1 Å². The van der Waals surface area contributed by atoms with Crippen molar-refractivity contribution in [2.24, 2.45) is 0 Å². The van der Waals surface area contributed by atoms with Gasteiger partial charge in [-0.15, -0.1) is 0 Å². The van der Waals surface area contributed by atoms with Gasteiger partial charge in [-0.25, -0.2) is 8.42 Å². The highest BCUT2D eigenvalue weighted by Gasteiger charge is 2.29. The summed E-state index contributed by atoms with van der Waals surface area (Å²) in [7, 11) is -3.06. The Bertz CT molecular complexity index is 664. The Kier molecular flexibility index (Phi) is 4.60. The van der Waals surface area contributed by atoms with Crippen molar-refractivity contribution < 1.29 is 26.4 Å². The van der Waals surface area contributed by atoms with Crippen molar-refractivity contribution in [3.8, 4) is 0 Å². The van der Waals surface area contributed by atoms with E-state index in [2.05, 4.69) is 0 Å². The fourth-order valence-corrected chi connectivity index (χ4v) is 3.19. The van der Waals surface area contributed by atoms with Crippen LogP contribution in [0.15, 0.2) is 30.3 Å². The monoisotopic (exact) mass is 333 g/mol. The number of alkyl halides is 3. The van der Waals surface area contributed by atoms with Crippen LogP contribution in [-0.2, 0) is 20.8 Å². The summed E-state index contributed by atoms with van der Waals surface area (Å²) in [5.41, 5.74) is -0.289. The van der Waals surface area contributed by atoms with E-state index in [9.17, 15) is 26.4 Å². The number of benzene rings is 1. The Morgan fingerprint density at radius 2 is 1.64 bits per heavy atom. The molecule has 22 heavy (non-hydrogen) atoms. The van der Waals surface area contributed by atoms with Crippen molar-refractivity contribution in [3.63, 3.8) is 0 Å².